The number of carbonyl (C=O) groups is 3. The molecule has 41 heavy (non-hydrogen) atoms. The molecule has 3 aliphatic rings. The van der Waals surface area contributed by atoms with Crippen LogP contribution >= 0.6 is 0 Å². The minimum absolute atomic E-state index is 0.0613. The summed E-state index contributed by atoms with van der Waals surface area (Å²) in [5.41, 5.74) is -2.32. The smallest absolute Gasteiger partial charge is 0.416 e. The molecule has 0 spiro atoms. The summed E-state index contributed by atoms with van der Waals surface area (Å²) in [6.07, 6.45) is 1.06. The first kappa shape index (κ1) is 31.0. The van der Waals surface area contributed by atoms with Gasteiger partial charge in [0.25, 0.3) is 0 Å². The van der Waals surface area contributed by atoms with Gasteiger partial charge in [-0.15, -0.1) is 6.58 Å². The number of aliphatic hydroxyl groups is 1. The lowest BCUT2D eigenvalue weighted by Gasteiger charge is -2.61. The van der Waals surface area contributed by atoms with Crippen molar-refractivity contribution < 1.29 is 42.1 Å². The van der Waals surface area contributed by atoms with Crippen molar-refractivity contribution in [2.75, 3.05) is 6.61 Å². The lowest BCUT2D eigenvalue weighted by molar-refractivity contribution is -0.208. The first-order chi connectivity index (χ1) is 19.1. The maximum absolute atomic E-state index is 13.4. The number of aliphatic hydroxyl groups excluding tert-OH is 1. The number of ether oxygens (including phenoxy) is 2. The first-order valence-corrected chi connectivity index (χ1v) is 14.1. The third kappa shape index (κ3) is 5.49. The van der Waals surface area contributed by atoms with E-state index in [1.807, 2.05) is 20.8 Å². The van der Waals surface area contributed by atoms with Crippen molar-refractivity contribution in [1.82, 2.24) is 0 Å². The quantitative estimate of drug-likeness (QED) is 0.248. The van der Waals surface area contributed by atoms with Crippen molar-refractivity contribution in [3.05, 3.63) is 54.1 Å². The normalized spacial score (nSPS) is 37.2. The molecule has 9 heteroatoms. The van der Waals surface area contributed by atoms with Gasteiger partial charge in [-0.25, -0.2) is 9.59 Å². The van der Waals surface area contributed by atoms with E-state index in [0.29, 0.717) is 18.4 Å². The molecule has 8 atom stereocenters. The molecule has 3 saturated carbocycles. The highest BCUT2D eigenvalue weighted by atomic mass is 19.4. The zero-order valence-electron chi connectivity index (χ0n) is 24.0. The molecule has 1 N–H and O–H groups in total. The Morgan fingerprint density at radius 3 is 2.41 bits per heavy atom. The molecule has 3 aliphatic carbocycles. The third-order valence-electron chi connectivity index (χ3n) is 10.6. The van der Waals surface area contributed by atoms with Gasteiger partial charge in [0, 0.05) is 29.2 Å². The molecule has 2 unspecified atom stereocenters. The van der Waals surface area contributed by atoms with E-state index in [1.54, 1.807) is 6.08 Å². The zero-order chi connectivity index (χ0) is 30.4. The van der Waals surface area contributed by atoms with E-state index in [0.717, 1.165) is 31.1 Å². The van der Waals surface area contributed by atoms with Crippen molar-refractivity contribution in [3.8, 4) is 0 Å². The van der Waals surface area contributed by atoms with Crippen LogP contribution in [0.25, 0.3) is 6.08 Å². The Balaban J connectivity index is 1.51. The Morgan fingerprint density at radius 2 is 1.80 bits per heavy atom. The Bertz CT molecular complexity index is 1220. The SMILES string of the molecule is C=CC1(C)C[C@@H](OC(=O)COC(=O)/C=C/c2ccc(C(F)(F)F)cc2)[C@@]2(C)[C@@H]3C(=O)CCC3(CC[C@@H]2C)[C@@H](C)[C@@H]1O. The molecule has 2 bridgehead atoms. The molecule has 0 saturated heterocycles. The lowest BCUT2D eigenvalue weighted by atomic mass is 9.44. The second-order valence-corrected chi connectivity index (χ2v) is 12.6. The third-order valence-corrected chi connectivity index (χ3v) is 10.6. The molecular weight excluding hydrogens is 537 g/mol. The summed E-state index contributed by atoms with van der Waals surface area (Å²) >= 11 is 0. The number of halogens is 3. The Labute approximate surface area is 239 Å². The van der Waals surface area contributed by atoms with Crippen LogP contribution in [0.3, 0.4) is 0 Å². The molecule has 0 aromatic heterocycles. The van der Waals surface area contributed by atoms with Crippen LogP contribution in [0.15, 0.2) is 43.0 Å². The van der Waals surface area contributed by atoms with Crippen LogP contribution in [-0.4, -0.2) is 41.6 Å². The number of Topliss-reactive ketones (excluding diaryl/α,β-unsaturated/α-hetero) is 1. The van der Waals surface area contributed by atoms with Gasteiger partial charge >= 0.3 is 18.1 Å². The van der Waals surface area contributed by atoms with Crippen LogP contribution in [0.2, 0.25) is 0 Å². The average Bonchev–Trinajstić information content (AvgIpc) is 3.28. The number of carbonyl (C=O) groups excluding carboxylic acids is 3. The molecule has 1 aromatic carbocycles. The minimum Gasteiger partial charge on any atom is -0.459 e. The lowest BCUT2D eigenvalue weighted by Crippen LogP contribution is -2.63. The number of hydrogen-bond acceptors (Lipinski definition) is 6. The molecule has 0 amide bonds. The Hall–Kier alpha value is -2.94. The Kier molecular flexibility index (Phi) is 8.35. The molecule has 1 aromatic rings. The van der Waals surface area contributed by atoms with E-state index in [1.165, 1.54) is 18.2 Å². The van der Waals surface area contributed by atoms with Gasteiger partial charge in [0.05, 0.1) is 11.7 Å². The largest absolute Gasteiger partial charge is 0.459 e. The molecule has 0 aliphatic heterocycles. The summed E-state index contributed by atoms with van der Waals surface area (Å²) in [6, 6.07) is 4.25. The van der Waals surface area contributed by atoms with E-state index in [2.05, 4.69) is 13.5 Å². The van der Waals surface area contributed by atoms with Crippen molar-refractivity contribution in [1.29, 1.82) is 0 Å². The van der Waals surface area contributed by atoms with Crippen molar-refractivity contribution in [2.45, 2.75) is 78.2 Å². The summed E-state index contributed by atoms with van der Waals surface area (Å²) in [5.74, 6) is -1.96. The van der Waals surface area contributed by atoms with Crippen LogP contribution in [0.5, 0.6) is 0 Å². The fourth-order valence-electron chi connectivity index (χ4n) is 7.82. The van der Waals surface area contributed by atoms with Gasteiger partial charge in [-0.2, -0.15) is 13.2 Å². The highest BCUT2D eigenvalue weighted by Crippen LogP contribution is 2.68. The number of ketones is 1. The van der Waals surface area contributed by atoms with E-state index in [-0.39, 0.29) is 30.0 Å². The van der Waals surface area contributed by atoms with Crippen molar-refractivity contribution in [3.63, 3.8) is 0 Å². The van der Waals surface area contributed by atoms with Gasteiger partial charge in [-0.05, 0) is 66.7 Å². The van der Waals surface area contributed by atoms with Crippen molar-refractivity contribution in [2.24, 2.45) is 34.0 Å². The highest BCUT2D eigenvalue weighted by molar-refractivity contribution is 5.88. The predicted octanol–water partition coefficient (Wildman–Crippen LogP) is 6.17. The molecule has 0 radical (unpaired) electrons. The number of alkyl halides is 3. The molecular formula is C32H39F3O6. The van der Waals surface area contributed by atoms with E-state index in [9.17, 15) is 32.7 Å². The van der Waals surface area contributed by atoms with Crippen molar-refractivity contribution >= 4 is 23.8 Å². The fourth-order valence-corrected chi connectivity index (χ4v) is 7.82. The van der Waals surface area contributed by atoms with Gasteiger partial charge in [0.15, 0.2) is 6.61 Å². The topological polar surface area (TPSA) is 89.9 Å². The fraction of sp³-hybridized carbons (Fsp3) is 0.594. The average molecular weight is 577 g/mol. The van der Waals surface area contributed by atoms with Crippen LogP contribution in [0.1, 0.15) is 70.9 Å². The van der Waals surface area contributed by atoms with Crippen LogP contribution in [0.4, 0.5) is 13.2 Å². The number of rotatable bonds is 6. The first-order valence-electron chi connectivity index (χ1n) is 14.1. The van der Waals surface area contributed by atoms with E-state index < -0.39 is 58.7 Å². The molecule has 224 valence electrons. The van der Waals surface area contributed by atoms with Crippen LogP contribution in [0, 0.1) is 34.0 Å². The van der Waals surface area contributed by atoms with Gasteiger partial charge < -0.3 is 14.6 Å². The van der Waals surface area contributed by atoms with Crippen LogP contribution < -0.4 is 0 Å². The van der Waals surface area contributed by atoms with Gasteiger partial charge in [0.1, 0.15) is 11.9 Å². The summed E-state index contributed by atoms with van der Waals surface area (Å²) < 4.78 is 49.3. The summed E-state index contributed by atoms with van der Waals surface area (Å²) in [7, 11) is 0. The summed E-state index contributed by atoms with van der Waals surface area (Å²) in [4.78, 5) is 38.7. The summed E-state index contributed by atoms with van der Waals surface area (Å²) in [5, 5.41) is 11.6. The van der Waals surface area contributed by atoms with Gasteiger partial charge in [-0.1, -0.05) is 45.9 Å². The number of benzene rings is 1. The highest BCUT2D eigenvalue weighted by Gasteiger charge is 2.68. The molecule has 6 nitrogen and oxygen atoms in total. The number of esters is 2. The van der Waals surface area contributed by atoms with Gasteiger partial charge in [-0.3, -0.25) is 4.79 Å². The number of hydrogen-bond donors (Lipinski definition) is 1. The van der Waals surface area contributed by atoms with E-state index in [4.69, 9.17) is 9.47 Å². The Morgan fingerprint density at radius 1 is 1.15 bits per heavy atom. The zero-order valence-corrected chi connectivity index (χ0v) is 24.0. The predicted molar refractivity (Wildman–Crippen MR) is 146 cm³/mol. The molecule has 0 heterocycles. The van der Waals surface area contributed by atoms with Gasteiger partial charge in [0.2, 0.25) is 0 Å². The minimum atomic E-state index is -4.46. The molecule has 3 fully saturated rings. The molecule has 4 rings (SSSR count). The van der Waals surface area contributed by atoms with Crippen LogP contribution in [-0.2, 0) is 30.0 Å². The second kappa shape index (κ2) is 11.0. The maximum Gasteiger partial charge on any atom is 0.416 e. The second-order valence-electron chi connectivity index (χ2n) is 12.6. The monoisotopic (exact) mass is 576 g/mol. The van der Waals surface area contributed by atoms with E-state index >= 15 is 0 Å². The standard InChI is InChI=1S/C32H39F3O6/c1-6-29(4)17-24(30(5)19(2)13-15-31(20(3)28(29)39)16-14-23(36)27(30)31)41-26(38)18-40-25(37)12-9-21-7-10-22(11-8-21)32(33,34)35/h6-12,19-20,24,27-28,39H,1,13-18H2,2-5H3/b12-9+/t19-,20-,24+,27-,28-,29?,30-,31?/m0/s1. The maximum atomic E-state index is 13.4. The summed E-state index contributed by atoms with van der Waals surface area (Å²) in [6.45, 7) is 11.3.